The first-order valence-corrected chi connectivity index (χ1v) is 4.95. The Morgan fingerprint density at radius 2 is 2.00 bits per heavy atom. The molecule has 0 spiro atoms. The lowest BCUT2D eigenvalue weighted by Gasteiger charge is -2.07. The van der Waals surface area contributed by atoms with Crippen molar-refractivity contribution in [2.45, 2.75) is 0 Å². The fraction of sp³-hybridized carbons (Fsp3) is 0.0833. The highest BCUT2D eigenvalue weighted by Gasteiger charge is 2.06. The monoisotopic (exact) mass is 236 g/mol. The van der Waals surface area contributed by atoms with Crippen molar-refractivity contribution >= 4 is 5.69 Å². The predicted molar refractivity (Wildman–Crippen MR) is 60.2 cm³/mol. The van der Waals surface area contributed by atoms with Crippen LogP contribution in [0.3, 0.4) is 0 Å². The Hall–Kier alpha value is -2.17. The Bertz CT molecular complexity index is 532. The summed E-state index contributed by atoms with van der Waals surface area (Å²) in [6.07, 6.45) is 3.01. The third-order valence-corrected chi connectivity index (χ3v) is 2.12. The molecule has 0 saturated carbocycles. The first kappa shape index (κ1) is 11.3. The van der Waals surface area contributed by atoms with Crippen LogP contribution in [0.25, 0.3) is 0 Å². The van der Waals surface area contributed by atoms with Crippen LogP contribution in [-0.2, 0) is 0 Å². The summed E-state index contributed by atoms with van der Waals surface area (Å²) in [5.41, 5.74) is 0.722. The summed E-state index contributed by atoms with van der Waals surface area (Å²) in [5, 5.41) is 2.87. The number of hydrogen-bond donors (Lipinski definition) is 1. The molecule has 0 aliphatic heterocycles. The summed E-state index contributed by atoms with van der Waals surface area (Å²) in [7, 11) is 1.73. The molecule has 0 amide bonds. The number of nitrogens with one attached hydrogen (secondary N) is 1. The van der Waals surface area contributed by atoms with Crippen molar-refractivity contribution < 1.29 is 13.5 Å². The van der Waals surface area contributed by atoms with Crippen molar-refractivity contribution in [3.05, 3.63) is 48.3 Å². The molecule has 5 heteroatoms. The summed E-state index contributed by atoms with van der Waals surface area (Å²) in [6.45, 7) is 0. The molecule has 0 atom stereocenters. The van der Waals surface area contributed by atoms with Gasteiger partial charge in [0.25, 0.3) is 0 Å². The number of aromatic nitrogens is 1. The van der Waals surface area contributed by atoms with E-state index < -0.39 is 11.6 Å². The number of hydrogen-bond acceptors (Lipinski definition) is 3. The van der Waals surface area contributed by atoms with Crippen LogP contribution in [0, 0.1) is 11.6 Å². The zero-order valence-electron chi connectivity index (χ0n) is 9.08. The van der Waals surface area contributed by atoms with E-state index in [2.05, 4.69) is 10.3 Å². The molecule has 1 N–H and O–H groups in total. The zero-order chi connectivity index (χ0) is 12.3. The zero-order valence-corrected chi connectivity index (χ0v) is 9.08. The highest BCUT2D eigenvalue weighted by molar-refractivity contribution is 5.45. The molecular weight excluding hydrogens is 226 g/mol. The van der Waals surface area contributed by atoms with E-state index in [0.29, 0.717) is 5.75 Å². The molecule has 1 heterocycles. The Kier molecular flexibility index (Phi) is 3.18. The molecule has 17 heavy (non-hydrogen) atoms. The van der Waals surface area contributed by atoms with Gasteiger partial charge in [0.15, 0.2) is 11.6 Å². The lowest BCUT2D eigenvalue weighted by Crippen LogP contribution is -1.93. The van der Waals surface area contributed by atoms with Crippen molar-refractivity contribution in [1.82, 2.24) is 4.98 Å². The predicted octanol–water partition coefficient (Wildman–Crippen LogP) is 3.19. The van der Waals surface area contributed by atoms with Crippen LogP contribution in [0.4, 0.5) is 14.5 Å². The fourth-order valence-electron chi connectivity index (χ4n) is 1.29. The normalized spacial score (nSPS) is 10.1. The van der Waals surface area contributed by atoms with Crippen LogP contribution < -0.4 is 10.1 Å². The van der Waals surface area contributed by atoms with E-state index in [-0.39, 0.29) is 5.75 Å². The average Bonchev–Trinajstić information content (AvgIpc) is 2.34. The molecule has 1 aromatic carbocycles. The quantitative estimate of drug-likeness (QED) is 0.888. The third-order valence-electron chi connectivity index (χ3n) is 2.12. The van der Waals surface area contributed by atoms with Crippen molar-refractivity contribution in [3.8, 4) is 11.5 Å². The molecule has 0 aliphatic rings. The molecule has 2 aromatic rings. The number of ether oxygens (including phenoxy) is 1. The maximum Gasteiger partial charge on any atom is 0.166 e. The lowest BCUT2D eigenvalue weighted by molar-refractivity contribution is 0.435. The Morgan fingerprint density at radius 1 is 1.18 bits per heavy atom. The van der Waals surface area contributed by atoms with Gasteiger partial charge in [-0.05, 0) is 12.1 Å². The van der Waals surface area contributed by atoms with Crippen LogP contribution in [0.1, 0.15) is 0 Å². The third kappa shape index (κ3) is 2.69. The minimum absolute atomic E-state index is 0.167. The van der Waals surface area contributed by atoms with Gasteiger partial charge in [0, 0.05) is 19.2 Å². The van der Waals surface area contributed by atoms with Crippen molar-refractivity contribution in [1.29, 1.82) is 0 Å². The minimum Gasteiger partial charge on any atom is -0.452 e. The summed E-state index contributed by atoms with van der Waals surface area (Å²) in [4.78, 5) is 3.90. The van der Waals surface area contributed by atoms with Crippen LogP contribution in [0.5, 0.6) is 11.5 Å². The van der Waals surface area contributed by atoms with Crippen LogP contribution in [0.2, 0.25) is 0 Å². The molecule has 2 rings (SSSR count). The first-order valence-electron chi connectivity index (χ1n) is 4.95. The van der Waals surface area contributed by atoms with Gasteiger partial charge in [-0.1, -0.05) is 0 Å². The topological polar surface area (TPSA) is 34.2 Å². The average molecular weight is 236 g/mol. The van der Waals surface area contributed by atoms with Crippen molar-refractivity contribution in [3.63, 3.8) is 0 Å². The standard InChI is InChI=1S/C12H10F2N2O/c1-15-9-5-10(7-16-6-9)17-12-4-8(13)2-3-11(12)14/h2-7,15H,1H3. The maximum atomic E-state index is 13.3. The number of rotatable bonds is 3. The SMILES string of the molecule is CNc1cncc(Oc2cc(F)ccc2F)c1. The van der Waals surface area contributed by atoms with E-state index in [0.717, 1.165) is 23.9 Å². The van der Waals surface area contributed by atoms with E-state index in [1.165, 1.54) is 6.20 Å². The smallest absolute Gasteiger partial charge is 0.166 e. The molecule has 0 unspecified atom stereocenters. The molecule has 88 valence electrons. The van der Waals surface area contributed by atoms with Gasteiger partial charge in [0.2, 0.25) is 0 Å². The molecule has 3 nitrogen and oxygen atoms in total. The second-order valence-corrected chi connectivity index (χ2v) is 3.34. The highest BCUT2D eigenvalue weighted by atomic mass is 19.1. The van der Waals surface area contributed by atoms with E-state index in [9.17, 15) is 8.78 Å². The van der Waals surface area contributed by atoms with Crippen molar-refractivity contribution in [2.24, 2.45) is 0 Å². The number of halogens is 2. The van der Waals surface area contributed by atoms with Crippen LogP contribution in [0.15, 0.2) is 36.7 Å². The molecule has 0 bridgehead atoms. The lowest BCUT2D eigenvalue weighted by atomic mass is 10.3. The van der Waals surface area contributed by atoms with Gasteiger partial charge in [0.1, 0.15) is 11.6 Å². The van der Waals surface area contributed by atoms with Crippen molar-refractivity contribution in [2.75, 3.05) is 12.4 Å². The summed E-state index contributed by atoms with van der Waals surface area (Å²) < 4.78 is 31.4. The minimum atomic E-state index is -0.624. The number of benzene rings is 1. The Morgan fingerprint density at radius 3 is 2.76 bits per heavy atom. The second kappa shape index (κ2) is 4.78. The number of anilines is 1. The highest BCUT2D eigenvalue weighted by Crippen LogP contribution is 2.26. The van der Waals surface area contributed by atoms with Gasteiger partial charge in [-0.3, -0.25) is 4.98 Å². The molecular formula is C12H10F2N2O. The maximum absolute atomic E-state index is 13.3. The Labute approximate surface area is 97.1 Å². The van der Waals surface area contributed by atoms with Crippen LogP contribution >= 0.6 is 0 Å². The summed E-state index contributed by atoms with van der Waals surface area (Å²) >= 11 is 0. The molecule has 0 radical (unpaired) electrons. The summed E-state index contributed by atoms with van der Waals surface area (Å²) in [6, 6.07) is 4.67. The molecule has 0 saturated heterocycles. The molecule has 0 aliphatic carbocycles. The fourth-order valence-corrected chi connectivity index (χ4v) is 1.29. The van der Waals surface area contributed by atoms with E-state index in [4.69, 9.17) is 4.74 Å². The van der Waals surface area contributed by atoms with Gasteiger partial charge in [-0.25, -0.2) is 8.78 Å². The van der Waals surface area contributed by atoms with Gasteiger partial charge in [-0.15, -0.1) is 0 Å². The largest absolute Gasteiger partial charge is 0.452 e. The first-order chi connectivity index (χ1) is 8.19. The molecule has 1 aromatic heterocycles. The Balaban J connectivity index is 2.27. The summed E-state index contributed by atoms with van der Waals surface area (Å²) in [5.74, 6) is -1.01. The number of nitrogens with zero attached hydrogens (tertiary/aromatic N) is 1. The second-order valence-electron chi connectivity index (χ2n) is 3.34. The van der Waals surface area contributed by atoms with Gasteiger partial charge in [0.05, 0.1) is 18.1 Å². The van der Waals surface area contributed by atoms with E-state index in [1.54, 1.807) is 19.3 Å². The molecule has 0 fully saturated rings. The van der Waals surface area contributed by atoms with Gasteiger partial charge in [-0.2, -0.15) is 0 Å². The van der Waals surface area contributed by atoms with Crippen LogP contribution in [-0.4, -0.2) is 12.0 Å². The van der Waals surface area contributed by atoms with Gasteiger partial charge >= 0.3 is 0 Å². The van der Waals surface area contributed by atoms with E-state index in [1.807, 2.05) is 0 Å². The van der Waals surface area contributed by atoms with E-state index >= 15 is 0 Å². The van der Waals surface area contributed by atoms with Gasteiger partial charge < -0.3 is 10.1 Å². The number of pyridine rings is 1.